The number of benzene rings is 2. The fourth-order valence-corrected chi connectivity index (χ4v) is 2.30. The Bertz CT molecular complexity index is 750. The molecule has 0 saturated carbocycles. The van der Waals surface area contributed by atoms with Gasteiger partial charge in [0, 0.05) is 23.7 Å². The summed E-state index contributed by atoms with van der Waals surface area (Å²) < 4.78 is 0. The molecule has 114 valence electrons. The summed E-state index contributed by atoms with van der Waals surface area (Å²) in [7, 11) is 1.56. The first kappa shape index (κ1) is 16.1. The average Bonchev–Trinajstić information content (AvgIpc) is 2.49. The number of phenols is 1. The molecule has 0 atom stereocenters. The van der Waals surface area contributed by atoms with Crippen LogP contribution in [0.5, 0.6) is 5.75 Å². The van der Waals surface area contributed by atoms with E-state index in [1.807, 2.05) is 0 Å². The molecule has 2 aromatic rings. The summed E-state index contributed by atoms with van der Waals surface area (Å²) in [6, 6.07) is 9.08. The lowest BCUT2D eigenvalue weighted by Crippen LogP contribution is -2.11. The standard InChI is InChI=1S/C14H11Cl2N3O3/c1-18(12-4-2-3-5-13(12)19(21)22)17-8-9-6-10(15)7-11(16)14(9)20/h2-8,20H,1H3/b17-8+. The predicted octanol–water partition coefficient (Wildman–Crippen LogP) is 4.08. The first-order valence-corrected chi connectivity index (χ1v) is 6.85. The third-order valence-electron chi connectivity index (χ3n) is 2.85. The first-order valence-electron chi connectivity index (χ1n) is 6.09. The highest BCUT2D eigenvalue weighted by Crippen LogP contribution is 2.31. The molecule has 0 fully saturated rings. The van der Waals surface area contributed by atoms with Gasteiger partial charge in [0.25, 0.3) is 5.69 Å². The van der Waals surface area contributed by atoms with Gasteiger partial charge in [-0.3, -0.25) is 15.1 Å². The number of aromatic hydroxyl groups is 1. The van der Waals surface area contributed by atoms with Crippen LogP contribution in [0.4, 0.5) is 11.4 Å². The van der Waals surface area contributed by atoms with Gasteiger partial charge in [-0.2, -0.15) is 5.10 Å². The molecule has 0 aliphatic heterocycles. The van der Waals surface area contributed by atoms with Crippen LogP contribution in [0.3, 0.4) is 0 Å². The predicted molar refractivity (Wildman–Crippen MR) is 87.2 cm³/mol. The number of rotatable bonds is 4. The average molecular weight is 340 g/mol. The second-order valence-electron chi connectivity index (χ2n) is 4.34. The highest BCUT2D eigenvalue weighted by Gasteiger charge is 2.15. The van der Waals surface area contributed by atoms with E-state index in [0.29, 0.717) is 16.3 Å². The Morgan fingerprint density at radius 1 is 1.32 bits per heavy atom. The van der Waals surface area contributed by atoms with Crippen LogP contribution in [0.2, 0.25) is 10.0 Å². The molecule has 0 aliphatic rings. The van der Waals surface area contributed by atoms with E-state index in [9.17, 15) is 15.2 Å². The van der Waals surface area contributed by atoms with Gasteiger partial charge in [0.1, 0.15) is 11.4 Å². The smallest absolute Gasteiger partial charge is 0.294 e. The van der Waals surface area contributed by atoms with Gasteiger partial charge < -0.3 is 5.11 Å². The second kappa shape index (κ2) is 6.64. The van der Waals surface area contributed by atoms with Gasteiger partial charge in [0.05, 0.1) is 16.2 Å². The summed E-state index contributed by atoms with van der Waals surface area (Å²) in [6.07, 6.45) is 1.32. The third kappa shape index (κ3) is 3.47. The van der Waals surface area contributed by atoms with Crippen molar-refractivity contribution in [2.24, 2.45) is 5.10 Å². The Morgan fingerprint density at radius 2 is 2.00 bits per heavy atom. The number of hydrogen-bond acceptors (Lipinski definition) is 5. The molecule has 0 aliphatic carbocycles. The molecular weight excluding hydrogens is 329 g/mol. The molecule has 2 aromatic carbocycles. The number of nitro benzene ring substituents is 1. The van der Waals surface area contributed by atoms with Crippen molar-refractivity contribution in [3.8, 4) is 5.75 Å². The Hall–Kier alpha value is -2.31. The first-order chi connectivity index (χ1) is 10.4. The zero-order valence-electron chi connectivity index (χ0n) is 11.4. The molecule has 0 heterocycles. The van der Waals surface area contributed by atoms with E-state index in [-0.39, 0.29) is 16.5 Å². The molecule has 0 radical (unpaired) electrons. The van der Waals surface area contributed by atoms with Crippen LogP contribution in [0.25, 0.3) is 0 Å². The molecule has 2 rings (SSSR count). The van der Waals surface area contributed by atoms with E-state index in [4.69, 9.17) is 23.2 Å². The van der Waals surface area contributed by atoms with Crippen LogP contribution >= 0.6 is 23.2 Å². The zero-order valence-corrected chi connectivity index (χ0v) is 12.9. The van der Waals surface area contributed by atoms with Crippen molar-refractivity contribution in [1.29, 1.82) is 0 Å². The van der Waals surface area contributed by atoms with E-state index in [1.54, 1.807) is 25.2 Å². The van der Waals surface area contributed by atoms with Crippen molar-refractivity contribution in [2.75, 3.05) is 12.1 Å². The van der Waals surface area contributed by atoms with Gasteiger partial charge >= 0.3 is 0 Å². The minimum atomic E-state index is -0.491. The molecule has 0 bridgehead atoms. The van der Waals surface area contributed by atoms with Crippen molar-refractivity contribution in [2.45, 2.75) is 0 Å². The summed E-state index contributed by atoms with van der Waals surface area (Å²) in [4.78, 5) is 10.5. The summed E-state index contributed by atoms with van der Waals surface area (Å²) in [5, 5.41) is 26.7. The monoisotopic (exact) mass is 339 g/mol. The topological polar surface area (TPSA) is 79.0 Å². The lowest BCUT2D eigenvalue weighted by Gasteiger charge is -2.13. The number of phenolic OH excluding ortho intramolecular Hbond substituents is 1. The lowest BCUT2D eigenvalue weighted by molar-refractivity contribution is -0.384. The van der Waals surface area contributed by atoms with Gasteiger partial charge in [0.2, 0.25) is 0 Å². The van der Waals surface area contributed by atoms with Gasteiger partial charge in [0.15, 0.2) is 0 Å². The van der Waals surface area contributed by atoms with Crippen LogP contribution in [0, 0.1) is 10.1 Å². The maximum Gasteiger partial charge on any atom is 0.294 e. The highest BCUT2D eigenvalue weighted by atomic mass is 35.5. The van der Waals surface area contributed by atoms with Crippen LogP contribution in [-0.2, 0) is 0 Å². The number of nitro groups is 1. The molecule has 0 spiro atoms. The SMILES string of the molecule is CN(/N=C/c1cc(Cl)cc(Cl)c1O)c1ccccc1[N+](=O)[O-]. The van der Waals surface area contributed by atoms with E-state index >= 15 is 0 Å². The van der Waals surface area contributed by atoms with Crippen LogP contribution < -0.4 is 5.01 Å². The molecule has 22 heavy (non-hydrogen) atoms. The van der Waals surface area contributed by atoms with Gasteiger partial charge in [-0.1, -0.05) is 35.3 Å². The second-order valence-corrected chi connectivity index (χ2v) is 5.18. The molecule has 0 saturated heterocycles. The molecule has 0 unspecified atom stereocenters. The summed E-state index contributed by atoms with van der Waals surface area (Å²) in [5.41, 5.74) is 0.551. The minimum Gasteiger partial charge on any atom is -0.506 e. The minimum absolute atomic E-state index is 0.0736. The number of anilines is 1. The Labute approximate surface area is 136 Å². The van der Waals surface area contributed by atoms with Gasteiger partial charge in [-0.05, 0) is 18.2 Å². The summed E-state index contributed by atoms with van der Waals surface area (Å²) >= 11 is 11.7. The number of hydrazone groups is 1. The fraction of sp³-hybridized carbons (Fsp3) is 0.0714. The van der Waals surface area contributed by atoms with Crippen molar-refractivity contribution in [1.82, 2.24) is 0 Å². The van der Waals surface area contributed by atoms with Crippen molar-refractivity contribution >= 4 is 40.8 Å². The zero-order chi connectivity index (χ0) is 16.3. The fourth-order valence-electron chi connectivity index (χ4n) is 1.79. The Kier molecular flexibility index (Phi) is 4.85. The molecule has 0 amide bonds. The van der Waals surface area contributed by atoms with Gasteiger partial charge in [-0.15, -0.1) is 0 Å². The van der Waals surface area contributed by atoms with E-state index in [0.717, 1.165) is 0 Å². The molecule has 0 aromatic heterocycles. The van der Waals surface area contributed by atoms with Crippen LogP contribution in [0.15, 0.2) is 41.5 Å². The summed E-state index contributed by atoms with van der Waals surface area (Å²) in [5.74, 6) is -0.161. The Balaban J connectivity index is 2.33. The number of halogens is 2. The maximum absolute atomic E-state index is 11.0. The highest BCUT2D eigenvalue weighted by molar-refractivity contribution is 6.36. The van der Waals surface area contributed by atoms with E-state index in [1.165, 1.54) is 29.4 Å². The Morgan fingerprint density at radius 3 is 2.68 bits per heavy atom. The van der Waals surface area contributed by atoms with Crippen molar-refractivity contribution < 1.29 is 10.0 Å². The molecule has 1 N–H and O–H groups in total. The lowest BCUT2D eigenvalue weighted by atomic mass is 10.2. The third-order valence-corrected chi connectivity index (χ3v) is 3.36. The normalized spacial score (nSPS) is 10.9. The van der Waals surface area contributed by atoms with E-state index in [2.05, 4.69) is 5.10 Å². The van der Waals surface area contributed by atoms with Gasteiger partial charge in [-0.25, -0.2) is 0 Å². The van der Waals surface area contributed by atoms with Crippen molar-refractivity contribution in [3.63, 3.8) is 0 Å². The van der Waals surface area contributed by atoms with Crippen molar-refractivity contribution in [3.05, 3.63) is 62.1 Å². The largest absolute Gasteiger partial charge is 0.506 e. The molecule has 6 nitrogen and oxygen atoms in total. The quantitative estimate of drug-likeness (QED) is 0.517. The maximum atomic E-state index is 11.0. The van der Waals surface area contributed by atoms with Crippen LogP contribution in [0.1, 0.15) is 5.56 Å². The van der Waals surface area contributed by atoms with E-state index < -0.39 is 4.92 Å². The number of para-hydroxylation sites is 2. The van der Waals surface area contributed by atoms with Crippen LogP contribution in [-0.4, -0.2) is 23.3 Å². The summed E-state index contributed by atoms with van der Waals surface area (Å²) in [6.45, 7) is 0. The molecule has 8 heteroatoms. The number of nitrogens with zero attached hydrogens (tertiary/aromatic N) is 3. The number of hydrogen-bond donors (Lipinski definition) is 1. The molecular formula is C14H11Cl2N3O3.